The van der Waals surface area contributed by atoms with Crippen LogP contribution in [-0.4, -0.2) is 56.0 Å². The molecule has 0 aliphatic rings. The molecule has 2 heterocycles. The molecule has 1 N–H and O–H groups in total. The SMILES string of the molecule is C=CCn1nnnc1SCc1nc2ccc(S(=O)(=O)N(CC)CC)cc2[nH]1. The van der Waals surface area contributed by atoms with Crippen LogP contribution in [-0.2, 0) is 22.3 Å². The number of aromatic amines is 1. The zero-order valence-corrected chi connectivity index (χ0v) is 16.8. The highest BCUT2D eigenvalue weighted by Gasteiger charge is 2.22. The average Bonchev–Trinajstić information content (AvgIpc) is 3.26. The Morgan fingerprint density at radius 2 is 2.11 bits per heavy atom. The number of nitrogens with zero attached hydrogens (tertiary/aromatic N) is 6. The molecule has 0 aliphatic heterocycles. The zero-order valence-electron chi connectivity index (χ0n) is 15.2. The van der Waals surface area contributed by atoms with E-state index in [2.05, 4.69) is 32.1 Å². The summed E-state index contributed by atoms with van der Waals surface area (Å²) >= 11 is 1.44. The standard InChI is InChI=1S/C16H21N7O2S2/c1-4-9-23-16(19-20-21-23)26-11-15-17-13-8-7-12(10-14(13)18-15)27(24,25)22(5-2)6-3/h4,7-8,10H,1,5-6,9,11H2,2-3H3,(H,17,18). The Morgan fingerprint density at radius 1 is 1.33 bits per heavy atom. The number of tetrazole rings is 1. The quantitative estimate of drug-likeness (QED) is 0.427. The van der Waals surface area contributed by atoms with E-state index in [1.807, 2.05) is 13.8 Å². The van der Waals surface area contributed by atoms with Gasteiger partial charge >= 0.3 is 0 Å². The molecule has 9 nitrogen and oxygen atoms in total. The first-order valence-electron chi connectivity index (χ1n) is 8.48. The molecule has 0 amide bonds. The molecule has 27 heavy (non-hydrogen) atoms. The van der Waals surface area contributed by atoms with Gasteiger partial charge in [-0.25, -0.2) is 18.1 Å². The molecule has 1 aromatic carbocycles. The van der Waals surface area contributed by atoms with Crippen LogP contribution in [0, 0.1) is 0 Å². The molecule has 0 spiro atoms. The van der Waals surface area contributed by atoms with Crippen LogP contribution in [0.5, 0.6) is 0 Å². The van der Waals surface area contributed by atoms with Gasteiger partial charge in [0.05, 0.1) is 28.2 Å². The molecule has 0 saturated carbocycles. The smallest absolute Gasteiger partial charge is 0.243 e. The van der Waals surface area contributed by atoms with E-state index in [-0.39, 0.29) is 4.90 Å². The van der Waals surface area contributed by atoms with Crippen LogP contribution in [0.15, 0.2) is 40.9 Å². The van der Waals surface area contributed by atoms with Crippen molar-refractivity contribution in [1.82, 2.24) is 34.5 Å². The van der Waals surface area contributed by atoms with Gasteiger partial charge < -0.3 is 4.98 Å². The molecule has 0 fully saturated rings. The number of H-pyrrole nitrogens is 1. The van der Waals surface area contributed by atoms with Gasteiger partial charge in [-0.2, -0.15) is 4.31 Å². The number of allylic oxidation sites excluding steroid dienone is 1. The van der Waals surface area contributed by atoms with Crippen molar-refractivity contribution in [3.05, 3.63) is 36.7 Å². The highest BCUT2D eigenvalue weighted by Crippen LogP contribution is 2.23. The van der Waals surface area contributed by atoms with Gasteiger partial charge in [0.15, 0.2) is 0 Å². The number of thioether (sulfide) groups is 1. The van der Waals surface area contributed by atoms with E-state index in [4.69, 9.17) is 0 Å². The van der Waals surface area contributed by atoms with E-state index in [0.29, 0.717) is 36.1 Å². The zero-order chi connectivity index (χ0) is 19.4. The summed E-state index contributed by atoms with van der Waals surface area (Å²) in [5.74, 6) is 1.25. The van der Waals surface area contributed by atoms with Gasteiger partial charge in [0, 0.05) is 13.1 Å². The second kappa shape index (κ2) is 8.19. The lowest BCUT2D eigenvalue weighted by Crippen LogP contribution is -2.30. The maximum Gasteiger partial charge on any atom is 0.243 e. The first-order chi connectivity index (χ1) is 13.0. The molecule has 11 heteroatoms. The number of nitrogens with one attached hydrogen (secondary N) is 1. The van der Waals surface area contributed by atoms with Crippen LogP contribution < -0.4 is 0 Å². The van der Waals surface area contributed by atoms with Gasteiger partial charge in [-0.1, -0.05) is 31.7 Å². The summed E-state index contributed by atoms with van der Waals surface area (Å²) in [4.78, 5) is 7.96. The Kier molecular flexibility index (Phi) is 5.92. The number of aromatic nitrogens is 6. The fraction of sp³-hybridized carbons (Fsp3) is 0.375. The lowest BCUT2D eigenvalue weighted by molar-refractivity contribution is 0.445. The van der Waals surface area contributed by atoms with E-state index >= 15 is 0 Å². The van der Waals surface area contributed by atoms with Crippen molar-refractivity contribution < 1.29 is 8.42 Å². The Hall–Kier alpha value is -2.24. The summed E-state index contributed by atoms with van der Waals surface area (Å²) < 4.78 is 28.4. The minimum absolute atomic E-state index is 0.261. The Bertz CT molecular complexity index is 1040. The van der Waals surface area contributed by atoms with E-state index < -0.39 is 10.0 Å². The number of fused-ring (bicyclic) bond motifs is 1. The number of benzene rings is 1. The number of imidazole rings is 1. The van der Waals surface area contributed by atoms with Crippen LogP contribution in [0.25, 0.3) is 11.0 Å². The molecule has 0 bridgehead atoms. The Labute approximate surface area is 161 Å². The van der Waals surface area contributed by atoms with Crippen LogP contribution in [0.2, 0.25) is 0 Å². The molecule has 0 atom stereocenters. The van der Waals surface area contributed by atoms with Crippen molar-refractivity contribution in [2.45, 2.75) is 36.2 Å². The van der Waals surface area contributed by atoms with Gasteiger partial charge in [-0.15, -0.1) is 11.7 Å². The highest BCUT2D eigenvalue weighted by molar-refractivity contribution is 7.98. The largest absolute Gasteiger partial charge is 0.341 e. The van der Waals surface area contributed by atoms with Crippen molar-refractivity contribution in [1.29, 1.82) is 0 Å². The predicted octanol–water partition coefficient (Wildman–Crippen LogP) is 2.06. The highest BCUT2D eigenvalue weighted by atomic mass is 32.2. The van der Waals surface area contributed by atoms with Gasteiger partial charge in [0.1, 0.15) is 5.82 Å². The Morgan fingerprint density at radius 3 is 2.81 bits per heavy atom. The third kappa shape index (κ3) is 4.04. The Balaban J connectivity index is 1.82. The van der Waals surface area contributed by atoms with Crippen molar-refractivity contribution >= 4 is 32.8 Å². The number of hydrogen-bond donors (Lipinski definition) is 1. The summed E-state index contributed by atoms with van der Waals surface area (Å²) in [5.41, 5.74) is 1.40. The predicted molar refractivity (Wildman–Crippen MR) is 104 cm³/mol. The maximum absolute atomic E-state index is 12.7. The molecule has 3 rings (SSSR count). The minimum atomic E-state index is -3.50. The second-order valence-corrected chi connectivity index (χ2v) is 8.55. The van der Waals surface area contributed by atoms with Crippen molar-refractivity contribution in [2.75, 3.05) is 13.1 Å². The van der Waals surface area contributed by atoms with Gasteiger partial charge in [0.2, 0.25) is 15.2 Å². The fourth-order valence-electron chi connectivity index (χ4n) is 2.65. The van der Waals surface area contributed by atoms with Gasteiger partial charge in [-0.05, 0) is 28.6 Å². The summed E-state index contributed by atoms with van der Waals surface area (Å²) in [5, 5.41) is 12.2. The molecule has 0 saturated heterocycles. The molecule has 144 valence electrons. The topological polar surface area (TPSA) is 110 Å². The summed E-state index contributed by atoms with van der Waals surface area (Å²) in [6.45, 7) is 8.72. The van der Waals surface area contributed by atoms with E-state index in [0.717, 1.165) is 11.3 Å². The minimum Gasteiger partial charge on any atom is -0.341 e. The molecule has 0 unspecified atom stereocenters. The first-order valence-corrected chi connectivity index (χ1v) is 10.9. The van der Waals surface area contributed by atoms with Crippen LogP contribution in [0.4, 0.5) is 0 Å². The van der Waals surface area contributed by atoms with Crippen LogP contribution in [0.3, 0.4) is 0 Å². The number of hydrogen-bond acceptors (Lipinski definition) is 7. The molecular formula is C16H21N7O2S2. The summed E-state index contributed by atoms with van der Waals surface area (Å²) in [7, 11) is -3.50. The first kappa shape index (κ1) is 19.5. The number of sulfonamides is 1. The monoisotopic (exact) mass is 407 g/mol. The van der Waals surface area contributed by atoms with Crippen LogP contribution in [0.1, 0.15) is 19.7 Å². The van der Waals surface area contributed by atoms with Crippen LogP contribution >= 0.6 is 11.8 Å². The molecule has 2 aromatic heterocycles. The average molecular weight is 408 g/mol. The third-order valence-electron chi connectivity index (χ3n) is 3.98. The molecular weight excluding hydrogens is 386 g/mol. The lowest BCUT2D eigenvalue weighted by Gasteiger charge is -2.18. The molecule has 0 aliphatic carbocycles. The normalized spacial score (nSPS) is 12.1. The summed E-state index contributed by atoms with van der Waals surface area (Å²) in [6, 6.07) is 4.95. The third-order valence-corrected chi connectivity index (χ3v) is 7.00. The molecule has 0 radical (unpaired) electrons. The van der Waals surface area contributed by atoms with Crippen molar-refractivity contribution in [3.8, 4) is 0 Å². The fourth-order valence-corrected chi connectivity index (χ4v) is 4.89. The summed E-state index contributed by atoms with van der Waals surface area (Å²) in [6.07, 6.45) is 1.72. The maximum atomic E-state index is 12.7. The van der Waals surface area contributed by atoms with Gasteiger partial charge in [-0.3, -0.25) is 0 Å². The lowest BCUT2D eigenvalue weighted by atomic mass is 10.3. The second-order valence-electron chi connectivity index (χ2n) is 5.67. The van der Waals surface area contributed by atoms with E-state index in [9.17, 15) is 8.42 Å². The number of rotatable bonds is 9. The van der Waals surface area contributed by atoms with E-state index in [1.165, 1.54) is 16.1 Å². The van der Waals surface area contributed by atoms with Crippen molar-refractivity contribution in [3.63, 3.8) is 0 Å². The van der Waals surface area contributed by atoms with Crippen molar-refractivity contribution in [2.24, 2.45) is 0 Å². The molecule has 3 aromatic rings. The van der Waals surface area contributed by atoms with Gasteiger partial charge in [0.25, 0.3) is 0 Å². The van der Waals surface area contributed by atoms with E-state index in [1.54, 1.807) is 29.0 Å².